The van der Waals surface area contributed by atoms with Gasteiger partial charge in [0.2, 0.25) is 11.6 Å². The molecule has 2 aromatic heterocycles. The minimum atomic E-state index is -0.644. The Kier molecular flexibility index (Phi) is 8.59. The Labute approximate surface area is 195 Å². The lowest BCUT2D eigenvalue weighted by Gasteiger charge is -2.20. The molecule has 1 N–H and O–H groups in total. The van der Waals surface area contributed by atoms with E-state index >= 15 is 0 Å². The van der Waals surface area contributed by atoms with Gasteiger partial charge in [0.25, 0.3) is 5.91 Å². The van der Waals surface area contributed by atoms with Crippen LogP contribution in [-0.4, -0.2) is 58.8 Å². The van der Waals surface area contributed by atoms with Gasteiger partial charge >= 0.3 is 5.97 Å². The highest BCUT2D eigenvalue weighted by Gasteiger charge is 2.22. The van der Waals surface area contributed by atoms with Crippen molar-refractivity contribution in [1.29, 1.82) is 0 Å². The Morgan fingerprint density at radius 2 is 1.91 bits per heavy atom. The molecule has 0 aliphatic heterocycles. The minimum absolute atomic E-state index is 0.0229. The van der Waals surface area contributed by atoms with E-state index in [0.717, 1.165) is 10.6 Å². The quantitative estimate of drug-likeness (QED) is 0.432. The predicted octanol–water partition coefficient (Wildman–Crippen LogP) is 2.65. The summed E-state index contributed by atoms with van der Waals surface area (Å²) in [5, 5.41) is 9.00. The van der Waals surface area contributed by atoms with Crippen molar-refractivity contribution in [3.8, 4) is 11.4 Å². The smallest absolute Gasteiger partial charge is 0.362 e. The van der Waals surface area contributed by atoms with Gasteiger partial charge in [-0.05, 0) is 37.4 Å². The summed E-state index contributed by atoms with van der Waals surface area (Å²) in [6, 6.07) is 13.0. The van der Waals surface area contributed by atoms with Crippen LogP contribution in [-0.2, 0) is 20.9 Å². The molecule has 0 radical (unpaired) electrons. The Balaban J connectivity index is 1.63. The molecule has 3 aromatic rings. The van der Waals surface area contributed by atoms with Crippen LogP contribution in [0.3, 0.4) is 0 Å². The monoisotopic (exact) mass is 470 g/mol. The van der Waals surface area contributed by atoms with Crippen LogP contribution in [0.4, 0.5) is 0 Å². The first-order valence-electron chi connectivity index (χ1n) is 10.5. The van der Waals surface area contributed by atoms with Gasteiger partial charge in [-0.3, -0.25) is 9.59 Å². The normalized spacial score (nSPS) is 10.5. The van der Waals surface area contributed by atoms with Crippen molar-refractivity contribution in [2.45, 2.75) is 20.4 Å². The Morgan fingerprint density at radius 1 is 1.12 bits per heavy atom. The van der Waals surface area contributed by atoms with Crippen molar-refractivity contribution in [3.05, 3.63) is 64.6 Å². The standard InChI is InChI=1S/C23H26N4O5S/c1-3-26(15-20(28)24-13-18-11-8-12-33-18)21(29)16-32-19-14-27(17-9-6-5-7-10-17)25-22(19)23(30)31-4-2/h5-12,14H,3-4,13,15-16H2,1-2H3,(H,24,28). The van der Waals surface area contributed by atoms with Crippen LogP contribution in [0.15, 0.2) is 54.0 Å². The number of amides is 2. The van der Waals surface area contributed by atoms with E-state index in [-0.39, 0.29) is 43.0 Å². The Hall–Kier alpha value is -3.66. The number of nitrogens with zero attached hydrogens (tertiary/aromatic N) is 3. The van der Waals surface area contributed by atoms with E-state index in [2.05, 4.69) is 10.4 Å². The van der Waals surface area contributed by atoms with Gasteiger partial charge in [-0.25, -0.2) is 9.48 Å². The lowest BCUT2D eigenvalue weighted by molar-refractivity contribution is -0.137. The maximum atomic E-state index is 12.7. The van der Waals surface area contributed by atoms with Gasteiger partial charge in [-0.15, -0.1) is 11.3 Å². The third-order valence-corrected chi connectivity index (χ3v) is 5.51. The lowest BCUT2D eigenvalue weighted by Crippen LogP contribution is -2.42. The highest BCUT2D eigenvalue weighted by atomic mass is 32.1. The van der Waals surface area contributed by atoms with Crippen molar-refractivity contribution in [2.75, 3.05) is 26.3 Å². The van der Waals surface area contributed by atoms with Crippen molar-refractivity contribution in [1.82, 2.24) is 20.0 Å². The zero-order valence-electron chi connectivity index (χ0n) is 18.5. The van der Waals surface area contributed by atoms with Crippen LogP contribution >= 0.6 is 11.3 Å². The van der Waals surface area contributed by atoms with Gasteiger partial charge in [0.15, 0.2) is 12.4 Å². The Bertz CT molecular complexity index is 1070. The van der Waals surface area contributed by atoms with E-state index in [0.29, 0.717) is 13.1 Å². The molecule has 0 atom stereocenters. The first-order chi connectivity index (χ1) is 16.0. The van der Waals surface area contributed by atoms with Crippen LogP contribution in [0.25, 0.3) is 5.69 Å². The number of aromatic nitrogens is 2. The molecule has 0 fully saturated rings. The number of thiophene rings is 1. The molecule has 0 bridgehead atoms. The zero-order valence-corrected chi connectivity index (χ0v) is 19.3. The summed E-state index contributed by atoms with van der Waals surface area (Å²) in [6.07, 6.45) is 1.53. The molecule has 2 amide bonds. The topological polar surface area (TPSA) is 103 Å². The summed E-state index contributed by atoms with van der Waals surface area (Å²) in [5.74, 6) is -1.16. The molecule has 0 unspecified atom stereocenters. The number of hydrogen-bond acceptors (Lipinski definition) is 7. The zero-order chi connectivity index (χ0) is 23.6. The average Bonchev–Trinajstić information content (AvgIpc) is 3.50. The molecule has 0 aliphatic carbocycles. The van der Waals surface area contributed by atoms with E-state index in [1.807, 2.05) is 47.8 Å². The number of para-hydroxylation sites is 1. The molecule has 9 nitrogen and oxygen atoms in total. The molecular weight excluding hydrogens is 444 g/mol. The number of likely N-dealkylation sites (N-methyl/N-ethyl adjacent to an activating group) is 1. The summed E-state index contributed by atoms with van der Waals surface area (Å²) in [4.78, 5) is 39.7. The van der Waals surface area contributed by atoms with E-state index < -0.39 is 5.97 Å². The molecule has 3 rings (SSSR count). The SMILES string of the molecule is CCOC(=O)c1nn(-c2ccccc2)cc1OCC(=O)N(CC)CC(=O)NCc1cccs1. The summed E-state index contributed by atoms with van der Waals surface area (Å²) in [5.41, 5.74) is 0.701. The summed E-state index contributed by atoms with van der Waals surface area (Å²) in [7, 11) is 0. The fraction of sp³-hybridized carbons (Fsp3) is 0.304. The number of benzene rings is 1. The third-order valence-electron chi connectivity index (χ3n) is 4.63. The molecule has 33 heavy (non-hydrogen) atoms. The maximum absolute atomic E-state index is 12.7. The molecule has 174 valence electrons. The average molecular weight is 471 g/mol. The number of esters is 1. The minimum Gasteiger partial charge on any atom is -0.480 e. The first kappa shape index (κ1) is 24.0. The number of ether oxygens (including phenoxy) is 2. The fourth-order valence-corrected chi connectivity index (χ4v) is 3.60. The molecule has 0 saturated carbocycles. The van der Waals surface area contributed by atoms with Crippen molar-refractivity contribution < 1.29 is 23.9 Å². The largest absolute Gasteiger partial charge is 0.480 e. The number of nitrogens with one attached hydrogen (secondary N) is 1. The van der Waals surface area contributed by atoms with Gasteiger partial charge < -0.3 is 19.7 Å². The molecule has 0 aliphatic rings. The van der Waals surface area contributed by atoms with Crippen molar-refractivity contribution in [3.63, 3.8) is 0 Å². The van der Waals surface area contributed by atoms with Crippen LogP contribution < -0.4 is 10.1 Å². The molecular formula is C23H26N4O5S. The molecule has 0 saturated heterocycles. The van der Waals surface area contributed by atoms with Crippen LogP contribution in [0.5, 0.6) is 5.75 Å². The first-order valence-corrected chi connectivity index (χ1v) is 11.4. The lowest BCUT2D eigenvalue weighted by atomic mass is 10.3. The van der Waals surface area contributed by atoms with Gasteiger partial charge in [0, 0.05) is 11.4 Å². The second kappa shape index (κ2) is 11.8. The highest BCUT2D eigenvalue weighted by Crippen LogP contribution is 2.21. The van der Waals surface area contributed by atoms with E-state index in [1.165, 1.54) is 15.8 Å². The van der Waals surface area contributed by atoms with Gasteiger partial charge in [-0.2, -0.15) is 5.10 Å². The van der Waals surface area contributed by atoms with Crippen molar-refractivity contribution >= 4 is 29.1 Å². The number of rotatable bonds is 11. The number of hydrogen-bond donors (Lipinski definition) is 1. The van der Waals surface area contributed by atoms with E-state index in [1.54, 1.807) is 25.2 Å². The maximum Gasteiger partial charge on any atom is 0.362 e. The number of carbonyl (C=O) groups is 3. The van der Waals surface area contributed by atoms with E-state index in [9.17, 15) is 14.4 Å². The molecule has 2 heterocycles. The second-order valence-electron chi connectivity index (χ2n) is 6.90. The highest BCUT2D eigenvalue weighted by molar-refractivity contribution is 7.09. The number of carbonyl (C=O) groups excluding carboxylic acids is 3. The molecule has 1 aromatic carbocycles. The fourth-order valence-electron chi connectivity index (χ4n) is 2.95. The Morgan fingerprint density at radius 3 is 2.58 bits per heavy atom. The summed E-state index contributed by atoms with van der Waals surface area (Å²) in [6.45, 7) is 3.97. The summed E-state index contributed by atoms with van der Waals surface area (Å²) < 4.78 is 12.2. The van der Waals surface area contributed by atoms with Gasteiger partial charge in [-0.1, -0.05) is 24.3 Å². The molecule has 0 spiro atoms. The molecule has 10 heteroatoms. The second-order valence-corrected chi connectivity index (χ2v) is 7.93. The third kappa shape index (κ3) is 6.66. The van der Waals surface area contributed by atoms with Crippen molar-refractivity contribution in [2.24, 2.45) is 0 Å². The van der Waals surface area contributed by atoms with Gasteiger partial charge in [0.1, 0.15) is 0 Å². The summed E-state index contributed by atoms with van der Waals surface area (Å²) >= 11 is 1.55. The van der Waals surface area contributed by atoms with Crippen LogP contribution in [0.2, 0.25) is 0 Å². The van der Waals surface area contributed by atoms with Crippen LogP contribution in [0, 0.1) is 0 Å². The van der Waals surface area contributed by atoms with Crippen LogP contribution in [0.1, 0.15) is 29.2 Å². The van der Waals surface area contributed by atoms with Gasteiger partial charge in [0.05, 0.1) is 31.6 Å². The predicted molar refractivity (Wildman–Crippen MR) is 123 cm³/mol. The van der Waals surface area contributed by atoms with E-state index in [4.69, 9.17) is 9.47 Å².